The average Bonchev–Trinajstić information content (AvgIpc) is 2.96. The smallest absolute Gasteiger partial charge is 0.241 e. The molecule has 1 amide bonds. The van der Waals surface area contributed by atoms with Gasteiger partial charge in [0.2, 0.25) is 5.91 Å². The van der Waals surface area contributed by atoms with Gasteiger partial charge >= 0.3 is 0 Å². The van der Waals surface area contributed by atoms with Crippen molar-refractivity contribution >= 4 is 34.7 Å². The molecule has 0 fully saturated rings. The van der Waals surface area contributed by atoms with Crippen LogP contribution in [0, 0.1) is 0 Å². The Labute approximate surface area is 158 Å². The summed E-state index contributed by atoms with van der Waals surface area (Å²) in [7, 11) is 1.99. The van der Waals surface area contributed by atoms with E-state index in [2.05, 4.69) is 41.2 Å². The molecule has 1 aliphatic rings. The van der Waals surface area contributed by atoms with E-state index in [-0.39, 0.29) is 5.91 Å². The molecule has 0 N–H and O–H groups in total. The van der Waals surface area contributed by atoms with Gasteiger partial charge in [0.15, 0.2) is 0 Å². The summed E-state index contributed by atoms with van der Waals surface area (Å²) in [5.74, 6) is 0.163. The summed E-state index contributed by atoms with van der Waals surface area (Å²) in [6.07, 6.45) is 1.98. The average molecular weight is 376 g/mol. The first-order chi connectivity index (χ1) is 12.1. The fourth-order valence-corrected chi connectivity index (χ4v) is 4.83. The molecule has 0 aliphatic carbocycles. The number of rotatable bonds is 5. The van der Waals surface area contributed by atoms with Crippen molar-refractivity contribution in [1.82, 2.24) is 9.88 Å². The van der Waals surface area contributed by atoms with Gasteiger partial charge in [0, 0.05) is 28.6 Å². The van der Waals surface area contributed by atoms with Gasteiger partial charge in [-0.3, -0.25) is 9.69 Å². The zero-order chi connectivity index (χ0) is 17.8. The first-order valence-electron chi connectivity index (χ1n) is 8.74. The van der Waals surface area contributed by atoms with Crippen molar-refractivity contribution < 1.29 is 4.79 Å². The van der Waals surface area contributed by atoms with Crippen LogP contribution >= 0.6 is 23.1 Å². The van der Waals surface area contributed by atoms with Crippen molar-refractivity contribution in [2.45, 2.75) is 43.4 Å². The number of hydrogen-bond donors (Lipinski definition) is 0. The third-order valence-corrected chi connectivity index (χ3v) is 6.56. The number of likely N-dealkylation sites (N-methyl/N-ethyl adjacent to an activating group) is 1. The Morgan fingerprint density at radius 3 is 2.96 bits per heavy atom. The maximum absolute atomic E-state index is 12.9. The number of fused-ring (bicyclic) bond motifs is 1. The van der Waals surface area contributed by atoms with E-state index in [4.69, 9.17) is 0 Å². The van der Waals surface area contributed by atoms with Crippen LogP contribution in [0.25, 0.3) is 0 Å². The van der Waals surface area contributed by atoms with Crippen LogP contribution in [0.4, 0.5) is 5.69 Å². The molecule has 0 radical (unpaired) electrons. The van der Waals surface area contributed by atoms with Crippen molar-refractivity contribution in [1.29, 1.82) is 0 Å². The Kier molecular flexibility index (Phi) is 6.15. The lowest BCUT2D eigenvalue weighted by Gasteiger charge is -2.25. The number of benzene rings is 1. The SMILES string of the molecule is CCc1nc(CN(C)CC(=O)N2CCC(C)Sc3ccccc32)cs1. The fraction of sp³-hybridized carbons (Fsp3) is 0.474. The van der Waals surface area contributed by atoms with E-state index >= 15 is 0 Å². The van der Waals surface area contributed by atoms with Gasteiger partial charge in [-0.2, -0.15) is 0 Å². The molecule has 4 nitrogen and oxygen atoms in total. The Bertz CT molecular complexity index is 731. The highest BCUT2D eigenvalue weighted by Gasteiger charge is 2.24. The number of aryl methyl sites for hydroxylation is 1. The monoisotopic (exact) mass is 375 g/mol. The first-order valence-corrected chi connectivity index (χ1v) is 10.5. The lowest BCUT2D eigenvalue weighted by atomic mass is 10.2. The molecule has 1 atom stereocenters. The summed E-state index contributed by atoms with van der Waals surface area (Å²) in [5.41, 5.74) is 2.11. The zero-order valence-corrected chi connectivity index (χ0v) is 16.7. The summed E-state index contributed by atoms with van der Waals surface area (Å²) < 4.78 is 0. The molecule has 134 valence electrons. The molecule has 1 unspecified atom stereocenters. The third kappa shape index (κ3) is 4.63. The maximum Gasteiger partial charge on any atom is 0.241 e. The van der Waals surface area contributed by atoms with Gasteiger partial charge in [0.25, 0.3) is 0 Å². The van der Waals surface area contributed by atoms with E-state index in [0.717, 1.165) is 35.8 Å². The predicted octanol–water partition coefficient (Wildman–Crippen LogP) is 4.05. The van der Waals surface area contributed by atoms with Crippen LogP contribution in [0.5, 0.6) is 0 Å². The minimum Gasteiger partial charge on any atom is -0.310 e. The second-order valence-electron chi connectivity index (χ2n) is 6.49. The van der Waals surface area contributed by atoms with Gasteiger partial charge in [-0.15, -0.1) is 23.1 Å². The van der Waals surface area contributed by atoms with Crippen LogP contribution in [0.15, 0.2) is 34.5 Å². The number of nitrogens with zero attached hydrogens (tertiary/aromatic N) is 3. The molecule has 0 saturated carbocycles. The summed E-state index contributed by atoms with van der Waals surface area (Å²) in [5, 5.41) is 3.78. The number of thiazole rings is 1. The van der Waals surface area contributed by atoms with E-state index in [9.17, 15) is 4.79 Å². The van der Waals surface area contributed by atoms with E-state index < -0.39 is 0 Å². The number of aromatic nitrogens is 1. The lowest BCUT2D eigenvalue weighted by Crippen LogP contribution is -2.39. The molecule has 0 saturated heterocycles. The van der Waals surface area contributed by atoms with Crippen LogP contribution in [-0.4, -0.2) is 41.2 Å². The number of carbonyl (C=O) groups is 1. The van der Waals surface area contributed by atoms with Gasteiger partial charge < -0.3 is 4.90 Å². The first kappa shape index (κ1) is 18.4. The molecule has 1 aromatic carbocycles. The van der Waals surface area contributed by atoms with Crippen molar-refractivity contribution in [2.24, 2.45) is 0 Å². The van der Waals surface area contributed by atoms with Gasteiger partial charge in [0.05, 0.1) is 22.9 Å². The molecule has 25 heavy (non-hydrogen) atoms. The summed E-state index contributed by atoms with van der Waals surface area (Å²) in [4.78, 5) is 22.8. The number of para-hydroxylation sites is 1. The summed E-state index contributed by atoms with van der Waals surface area (Å²) >= 11 is 3.56. The third-order valence-electron chi connectivity index (χ3n) is 4.28. The number of anilines is 1. The number of carbonyl (C=O) groups excluding carboxylic acids is 1. The Morgan fingerprint density at radius 2 is 2.20 bits per heavy atom. The second kappa shape index (κ2) is 8.34. The number of hydrogen-bond acceptors (Lipinski definition) is 5. The van der Waals surface area contributed by atoms with Gasteiger partial charge in [-0.25, -0.2) is 4.98 Å². The van der Waals surface area contributed by atoms with Crippen LogP contribution in [-0.2, 0) is 17.8 Å². The normalized spacial score (nSPS) is 17.4. The van der Waals surface area contributed by atoms with Crippen LogP contribution in [0.2, 0.25) is 0 Å². The second-order valence-corrected chi connectivity index (χ2v) is 8.91. The van der Waals surface area contributed by atoms with Crippen molar-refractivity contribution in [3.63, 3.8) is 0 Å². The fourth-order valence-electron chi connectivity index (χ4n) is 2.98. The summed E-state index contributed by atoms with van der Waals surface area (Å²) in [6.45, 7) is 6.25. The Balaban J connectivity index is 1.67. The van der Waals surface area contributed by atoms with Gasteiger partial charge in [-0.1, -0.05) is 26.0 Å². The molecule has 1 aromatic heterocycles. The minimum atomic E-state index is 0.163. The largest absolute Gasteiger partial charge is 0.310 e. The van der Waals surface area contributed by atoms with E-state index in [1.807, 2.05) is 35.8 Å². The standard InChI is InChI=1S/C19H25N3OS2/c1-4-18-20-15(13-24-18)11-21(3)12-19(23)22-10-9-14(2)25-17-8-6-5-7-16(17)22/h5-8,13-14H,4,9-12H2,1-3H3. The maximum atomic E-state index is 12.9. The quantitative estimate of drug-likeness (QED) is 0.790. The lowest BCUT2D eigenvalue weighted by molar-refractivity contribution is -0.119. The molecular weight excluding hydrogens is 350 g/mol. The van der Waals surface area contributed by atoms with Crippen LogP contribution < -0.4 is 4.90 Å². The molecule has 2 heterocycles. The molecule has 0 spiro atoms. The van der Waals surface area contributed by atoms with Crippen LogP contribution in [0.3, 0.4) is 0 Å². The highest BCUT2D eigenvalue weighted by molar-refractivity contribution is 8.00. The highest BCUT2D eigenvalue weighted by atomic mass is 32.2. The molecular formula is C19H25N3OS2. The van der Waals surface area contributed by atoms with E-state index in [1.54, 1.807) is 11.3 Å². The molecule has 3 rings (SSSR count). The number of amides is 1. The molecule has 1 aliphatic heterocycles. The van der Waals surface area contributed by atoms with E-state index in [0.29, 0.717) is 18.3 Å². The molecule has 2 aromatic rings. The van der Waals surface area contributed by atoms with Crippen molar-refractivity contribution in [2.75, 3.05) is 25.0 Å². The van der Waals surface area contributed by atoms with Crippen molar-refractivity contribution in [3.8, 4) is 0 Å². The summed E-state index contributed by atoms with van der Waals surface area (Å²) in [6, 6.07) is 8.24. The van der Waals surface area contributed by atoms with Gasteiger partial charge in [-0.05, 0) is 32.0 Å². The molecule has 0 bridgehead atoms. The Morgan fingerprint density at radius 1 is 1.40 bits per heavy atom. The Hall–Kier alpha value is -1.37. The molecule has 6 heteroatoms. The minimum absolute atomic E-state index is 0.163. The van der Waals surface area contributed by atoms with Crippen molar-refractivity contribution in [3.05, 3.63) is 40.3 Å². The number of thioether (sulfide) groups is 1. The highest BCUT2D eigenvalue weighted by Crippen LogP contribution is 2.37. The predicted molar refractivity (Wildman–Crippen MR) is 107 cm³/mol. The van der Waals surface area contributed by atoms with E-state index in [1.165, 1.54) is 4.90 Å². The zero-order valence-electron chi connectivity index (χ0n) is 15.1. The van der Waals surface area contributed by atoms with Gasteiger partial charge in [0.1, 0.15) is 0 Å². The topological polar surface area (TPSA) is 36.4 Å². The van der Waals surface area contributed by atoms with Crippen LogP contribution in [0.1, 0.15) is 31.0 Å².